The van der Waals surface area contributed by atoms with Gasteiger partial charge in [-0.1, -0.05) is 0 Å². The minimum Gasteiger partial charge on any atom is -0.314 e. The average molecular weight is 155 g/mol. The van der Waals surface area contributed by atoms with Crippen molar-refractivity contribution in [2.45, 2.75) is 19.0 Å². The fourth-order valence-electron chi connectivity index (χ4n) is 1.32. The number of hydrogen-bond donors (Lipinski definition) is 1. The molecule has 1 rings (SSSR count). The lowest BCUT2D eigenvalue weighted by Gasteiger charge is -2.32. The lowest BCUT2D eigenvalue weighted by molar-refractivity contribution is -0.177. The van der Waals surface area contributed by atoms with Crippen LogP contribution in [0.1, 0.15) is 12.8 Å². The van der Waals surface area contributed by atoms with Crippen molar-refractivity contribution < 1.29 is 4.84 Å². The van der Waals surface area contributed by atoms with E-state index in [4.69, 9.17) is 15.8 Å². The lowest BCUT2D eigenvalue weighted by Crippen LogP contribution is -2.46. The Morgan fingerprint density at radius 2 is 2.45 bits per heavy atom. The first-order valence-corrected chi connectivity index (χ1v) is 3.74. The Morgan fingerprint density at radius 1 is 1.73 bits per heavy atom. The summed E-state index contributed by atoms with van der Waals surface area (Å²) >= 11 is 0. The summed E-state index contributed by atoms with van der Waals surface area (Å²) in [6.45, 7) is 0.760. The summed E-state index contributed by atoms with van der Waals surface area (Å²) in [5.41, 5.74) is 5.71. The molecule has 0 amide bonds. The second kappa shape index (κ2) is 3.67. The first-order chi connectivity index (χ1) is 5.27. The molecule has 0 radical (unpaired) electrons. The second-order valence-corrected chi connectivity index (χ2v) is 2.74. The molecule has 0 spiro atoms. The minimum atomic E-state index is -0.113. The van der Waals surface area contributed by atoms with Crippen LogP contribution < -0.4 is 5.73 Å². The van der Waals surface area contributed by atoms with Gasteiger partial charge in [-0.05, 0) is 12.8 Å². The van der Waals surface area contributed by atoms with E-state index in [1.54, 1.807) is 12.2 Å². The van der Waals surface area contributed by atoms with Gasteiger partial charge in [0.25, 0.3) is 0 Å². The van der Waals surface area contributed by atoms with Crippen LogP contribution in [-0.4, -0.2) is 24.9 Å². The number of rotatable bonds is 1. The van der Waals surface area contributed by atoms with Crippen LogP contribution in [-0.2, 0) is 4.84 Å². The number of nitriles is 1. The zero-order valence-corrected chi connectivity index (χ0v) is 6.66. The van der Waals surface area contributed by atoms with Crippen LogP contribution >= 0.6 is 0 Å². The first kappa shape index (κ1) is 8.47. The maximum absolute atomic E-state index is 8.60. The molecule has 2 N–H and O–H groups in total. The Balaban J connectivity index is 2.42. The summed E-state index contributed by atoms with van der Waals surface area (Å²) in [5, 5.41) is 10.3. The van der Waals surface area contributed by atoms with Crippen molar-refractivity contribution in [2.24, 2.45) is 11.7 Å². The zero-order valence-electron chi connectivity index (χ0n) is 6.66. The van der Waals surface area contributed by atoms with Crippen molar-refractivity contribution in [3.8, 4) is 6.07 Å². The van der Waals surface area contributed by atoms with E-state index in [2.05, 4.69) is 6.07 Å². The van der Waals surface area contributed by atoms with Gasteiger partial charge >= 0.3 is 0 Å². The second-order valence-electron chi connectivity index (χ2n) is 2.74. The third kappa shape index (κ3) is 1.90. The highest BCUT2D eigenvalue weighted by atomic mass is 16.7. The molecule has 2 atom stereocenters. The maximum atomic E-state index is 8.60. The van der Waals surface area contributed by atoms with Crippen LogP contribution in [0.25, 0.3) is 0 Å². The maximum Gasteiger partial charge on any atom is 0.0830 e. The van der Waals surface area contributed by atoms with E-state index in [1.165, 1.54) is 0 Å². The van der Waals surface area contributed by atoms with Gasteiger partial charge in [0.1, 0.15) is 0 Å². The molecule has 0 bridgehead atoms. The molecule has 62 valence electrons. The molecule has 1 aliphatic heterocycles. The predicted octanol–water partition coefficient (Wildman–Crippen LogP) is 0.0682. The largest absolute Gasteiger partial charge is 0.314 e. The molecule has 0 saturated carbocycles. The molecule has 11 heavy (non-hydrogen) atoms. The Kier molecular flexibility index (Phi) is 2.83. The molecule has 1 aliphatic rings. The summed E-state index contributed by atoms with van der Waals surface area (Å²) in [5.74, 6) is 0.108. The quantitative estimate of drug-likeness (QED) is 0.582. The van der Waals surface area contributed by atoms with Gasteiger partial charge in [-0.15, -0.1) is 0 Å². The lowest BCUT2D eigenvalue weighted by atomic mass is 9.98. The Labute approximate surface area is 66.5 Å². The molecule has 1 saturated heterocycles. The number of hydroxylamine groups is 2. The molecule has 1 fully saturated rings. The molecule has 0 aliphatic carbocycles. The number of nitrogens with zero attached hydrogens (tertiary/aromatic N) is 2. The fourth-order valence-corrected chi connectivity index (χ4v) is 1.32. The molecule has 4 nitrogen and oxygen atoms in total. The standard InChI is InChI=1S/C7H13N3O/c1-11-10-3-2-6(5-8)4-7(10)9/h6-7H,2-4,9H2,1H3. The number of hydrogen-bond acceptors (Lipinski definition) is 4. The summed E-state index contributed by atoms with van der Waals surface area (Å²) in [4.78, 5) is 5.00. The molecular formula is C7H13N3O. The van der Waals surface area contributed by atoms with Crippen molar-refractivity contribution in [1.29, 1.82) is 5.26 Å². The van der Waals surface area contributed by atoms with E-state index in [0.717, 1.165) is 13.0 Å². The highest BCUT2D eigenvalue weighted by molar-refractivity contribution is 4.88. The SMILES string of the molecule is CON1CCC(C#N)CC1N. The van der Waals surface area contributed by atoms with E-state index < -0.39 is 0 Å². The van der Waals surface area contributed by atoms with E-state index >= 15 is 0 Å². The van der Waals surface area contributed by atoms with Crippen LogP contribution in [0.2, 0.25) is 0 Å². The highest BCUT2D eigenvalue weighted by Gasteiger charge is 2.25. The summed E-state index contributed by atoms with van der Waals surface area (Å²) in [6.07, 6.45) is 1.46. The van der Waals surface area contributed by atoms with Crippen molar-refractivity contribution in [3.05, 3.63) is 0 Å². The highest BCUT2D eigenvalue weighted by Crippen LogP contribution is 2.18. The van der Waals surface area contributed by atoms with Crippen LogP contribution in [0.3, 0.4) is 0 Å². The van der Waals surface area contributed by atoms with Crippen LogP contribution in [0.15, 0.2) is 0 Å². The zero-order chi connectivity index (χ0) is 8.27. The van der Waals surface area contributed by atoms with Gasteiger partial charge in [0, 0.05) is 6.54 Å². The van der Waals surface area contributed by atoms with Crippen molar-refractivity contribution in [2.75, 3.05) is 13.7 Å². The van der Waals surface area contributed by atoms with Gasteiger partial charge in [0.05, 0.1) is 25.3 Å². The minimum absolute atomic E-state index is 0.108. The van der Waals surface area contributed by atoms with Crippen LogP contribution in [0.5, 0.6) is 0 Å². The van der Waals surface area contributed by atoms with Gasteiger partial charge in [-0.25, -0.2) is 0 Å². The number of piperidine rings is 1. The van der Waals surface area contributed by atoms with Gasteiger partial charge < -0.3 is 10.6 Å². The van der Waals surface area contributed by atoms with E-state index in [9.17, 15) is 0 Å². The third-order valence-corrected chi connectivity index (χ3v) is 2.01. The Morgan fingerprint density at radius 3 is 2.91 bits per heavy atom. The smallest absolute Gasteiger partial charge is 0.0830 e. The average Bonchev–Trinajstić information content (AvgIpc) is 2.04. The molecule has 0 aromatic carbocycles. The van der Waals surface area contributed by atoms with Gasteiger partial charge in [-0.2, -0.15) is 10.3 Å². The molecular weight excluding hydrogens is 142 g/mol. The van der Waals surface area contributed by atoms with Crippen molar-refractivity contribution >= 4 is 0 Å². The summed E-state index contributed by atoms with van der Waals surface area (Å²) in [6, 6.07) is 2.22. The monoisotopic (exact) mass is 155 g/mol. The molecule has 0 aromatic heterocycles. The third-order valence-electron chi connectivity index (χ3n) is 2.01. The van der Waals surface area contributed by atoms with Crippen LogP contribution in [0.4, 0.5) is 0 Å². The molecule has 0 aromatic rings. The topological polar surface area (TPSA) is 62.3 Å². The number of nitrogens with two attached hydrogens (primary N) is 1. The fraction of sp³-hybridized carbons (Fsp3) is 0.857. The Bertz CT molecular complexity index is 166. The van der Waals surface area contributed by atoms with Crippen LogP contribution in [0, 0.1) is 17.2 Å². The van der Waals surface area contributed by atoms with E-state index in [-0.39, 0.29) is 12.1 Å². The molecule has 2 unspecified atom stereocenters. The van der Waals surface area contributed by atoms with E-state index in [0.29, 0.717) is 6.42 Å². The van der Waals surface area contributed by atoms with Gasteiger partial charge in [0.2, 0.25) is 0 Å². The summed E-state index contributed by atoms with van der Waals surface area (Å²) < 4.78 is 0. The Hall–Kier alpha value is -0.630. The van der Waals surface area contributed by atoms with Crippen molar-refractivity contribution in [1.82, 2.24) is 5.06 Å². The van der Waals surface area contributed by atoms with E-state index in [1.807, 2.05) is 0 Å². The molecule has 4 heteroatoms. The first-order valence-electron chi connectivity index (χ1n) is 3.74. The molecule has 1 heterocycles. The summed E-state index contributed by atoms with van der Waals surface area (Å²) in [7, 11) is 1.60. The van der Waals surface area contributed by atoms with Gasteiger partial charge in [0.15, 0.2) is 0 Å². The predicted molar refractivity (Wildman–Crippen MR) is 40.0 cm³/mol. The van der Waals surface area contributed by atoms with Crippen molar-refractivity contribution in [3.63, 3.8) is 0 Å². The van der Waals surface area contributed by atoms with Gasteiger partial charge in [-0.3, -0.25) is 0 Å². The normalized spacial score (nSPS) is 33.2.